The molecule has 1 aliphatic rings. The van der Waals surface area contributed by atoms with E-state index in [-0.39, 0.29) is 5.54 Å². The Balaban J connectivity index is 0.000000606. The van der Waals surface area contributed by atoms with E-state index < -0.39 is 0 Å². The van der Waals surface area contributed by atoms with E-state index >= 15 is 0 Å². The first-order chi connectivity index (χ1) is 7.59. The number of rotatable bonds is 0. The zero-order valence-corrected chi connectivity index (χ0v) is 11.1. The van der Waals surface area contributed by atoms with Gasteiger partial charge < -0.3 is 4.90 Å². The molecule has 0 saturated carbocycles. The van der Waals surface area contributed by atoms with Crippen LogP contribution >= 0.6 is 0 Å². The number of hydrogen-bond donors (Lipinski definition) is 0. The molecule has 1 heterocycles. The molecule has 1 heteroatoms. The summed E-state index contributed by atoms with van der Waals surface area (Å²) < 4.78 is 0. The Morgan fingerprint density at radius 1 is 1.06 bits per heavy atom. The third kappa shape index (κ3) is 2.66. The van der Waals surface area contributed by atoms with Crippen molar-refractivity contribution in [1.29, 1.82) is 0 Å². The van der Waals surface area contributed by atoms with Gasteiger partial charge in [0, 0.05) is 17.8 Å². The summed E-state index contributed by atoms with van der Waals surface area (Å²) in [6.45, 7) is 11.8. The first-order valence-electron chi connectivity index (χ1n) is 6.12. The Labute approximate surface area is 99.8 Å². The van der Waals surface area contributed by atoms with E-state index in [2.05, 4.69) is 62.1 Å². The van der Waals surface area contributed by atoms with Crippen molar-refractivity contribution in [3.05, 3.63) is 35.9 Å². The zero-order chi connectivity index (χ0) is 12.2. The predicted molar refractivity (Wildman–Crippen MR) is 73.9 cm³/mol. The normalized spacial score (nSPS) is 13.9. The molecular weight excluding hydrogens is 194 g/mol. The van der Waals surface area contributed by atoms with Crippen LogP contribution in [0.3, 0.4) is 0 Å². The van der Waals surface area contributed by atoms with E-state index in [1.165, 1.54) is 11.3 Å². The van der Waals surface area contributed by atoms with Crippen LogP contribution in [0.4, 0.5) is 5.69 Å². The molecule has 0 unspecified atom stereocenters. The van der Waals surface area contributed by atoms with E-state index in [9.17, 15) is 0 Å². The molecule has 0 aromatic heterocycles. The van der Waals surface area contributed by atoms with E-state index in [1.807, 2.05) is 13.8 Å². The lowest BCUT2D eigenvalue weighted by molar-refractivity contribution is 0.521. The number of nitrogens with zero attached hydrogens (tertiary/aromatic N) is 1. The van der Waals surface area contributed by atoms with Crippen LogP contribution in [0.5, 0.6) is 0 Å². The van der Waals surface area contributed by atoms with Gasteiger partial charge in [-0.1, -0.05) is 44.2 Å². The molecule has 0 radical (unpaired) electrons. The molecule has 0 N–H and O–H groups in total. The standard InChI is InChI=1S/C13H17N.C2H6/c1-13(2,3)14-10-6-8-11-7-4-5-9-12(11)14;1-2/h4-9H,10H2,1-3H3;1-2H3. The molecule has 0 spiro atoms. The molecule has 0 amide bonds. The number of fused-ring (bicyclic) bond motifs is 1. The van der Waals surface area contributed by atoms with Crippen molar-refractivity contribution < 1.29 is 0 Å². The molecular formula is C15H23N. The molecule has 0 aliphatic carbocycles. The molecule has 0 atom stereocenters. The maximum atomic E-state index is 2.43. The summed E-state index contributed by atoms with van der Waals surface area (Å²) in [5, 5.41) is 0. The van der Waals surface area contributed by atoms with Gasteiger partial charge in [-0.15, -0.1) is 0 Å². The number of anilines is 1. The van der Waals surface area contributed by atoms with Gasteiger partial charge in [0.15, 0.2) is 0 Å². The minimum Gasteiger partial charge on any atom is -0.362 e. The molecule has 0 fully saturated rings. The SMILES string of the molecule is CC.CC(C)(C)N1CC=Cc2ccccc21. The second-order valence-corrected chi connectivity index (χ2v) is 4.74. The van der Waals surface area contributed by atoms with Crippen molar-refractivity contribution >= 4 is 11.8 Å². The van der Waals surface area contributed by atoms with Crippen molar-refractivity contribution in [2.24, 2.45) is 0 Å². The van der Waals surface area contributed by atoms with E-state index in [1.54, 1.807) is 0 Å². The first kappa shape index (κ1) is 12.8. The predicted octanol–water partition coefficient (Wildman–Crippen LogP) is 4.34. The van der Waals surface area contributed by atoms with Gasteiger partial charge in [0.1, 0.15) is 0 Å². The highest BCUT2D eigenvalue weighted by Crippen LogP contribution is 2.30. The van der Waals surface area contributed by atoms with Crippen LogP contribution in [0.2, 0.25) is 0 Å². The minimum absolute atomic E-state index is 0.195. The lowest BCUT2D eigenvalue weighted by Gasteiger charge is -2.39. The van der Waals surface area contributed by atoms with Crippen LogP contribution < -0.4 is 4.90 Å². The Morgan fingerprint density at radius 3 is 2.31 bits per heavy atom. The molecule has 1 nitrogen and oxygen atoms in total. The van der Waals surface area contributed by atoms with Gasteiger partial charge in [-0.25, -0.2) is 0 Å². The maximum Gasteiger partial charge on any atom is 0.0446 e. The summed E-state index contributed by atoms with van der Waals surface area (Å²) in [7, 11) is 0. The van der Waals surface area contributed by atoms with E-state index in [4.69, 9.17) is 0 Å². The van der Waals surface area contributed by atoms with Gasteiger partial charge in [0.2, 0.25) is 0 Å². The molecule has 1 aromatic rings. The highest BCUT2D eigenvalue weighted by atomic mass is 15.2. The molecule has 16 heavy (non-hydrogen) atoms. The quantitative estimate of drug-likeness (QED) is 0.624. The zero-order valence-electron chi connectivity index (χ0n) is 11.1. The summed E-state index contributed by atoms with van der Waals surface area (Å²) in [6.07, 6.45) is 4.44. The third-order valence-electron chi connectivity index (χ3n) is 2.62. The van der Waals surface area contributed by atoms with Crippen LogP contribution in [0, 0.1) is 0 Å². The van der Waals surface area contributed by atoms with Crippen LogP contribution in [0.25, 0.3) is 6.08 Å². The summed E-state index contributed by atoms with van der Waals surface area (Å²) in [4.78, 5) is 2.43. The van der Waals surface area contributed by atoms with E-state index in [0.717, 1.165) is 6.54 Å². The molecule has 1 aliphatic heterocycles. The van der Waals surface area contributed by atoms with Gasteiger partial charge in [0.25, 0.3) is 0 Å². The summed E-state index contributed by atoms with van der Waals surface area (Å²) in [6, 6.07) is 8.57. The molecule has 88 valence electrons. The second-order valence-electron chi connectivity index (χ2n) is 4.74. The van der Waals surface area contributed by atoms with Crippen LogP contribution in [0.15, 0.2) is 30.3 Å². The summed E-state index contributed by atoms with van der Waals surface area (Å²) >= 11 is 0. The number of para-hydroxylation sites is 1. The van der Waals surface area contributed by atoms with E-state index in [0.29, 0.717) is 0 Å². The first-order valence-corrected chi connectivity index (χ1v) is 6.12. The van der Waals surface area contributed by atoms with Crippen LogP contribution in [-0.4, -0.2) is 12.1 Å². The minimum atomic E-state index is 0.195. The molecule has 2 rings (SSSR count). The monoisotopic (exact) mass is 217 g/mol. The fourth-order valence-corrected chi connectivity index (χ4v) is 1.89. The Bertz CT molecular complexity index is 358. The highest BCUT2D eigenvalue weighted by Gasteiger charge is 2.23. The van der Waals surface area contributed by atoms with Crippen LogP contribution in [-0.2, 0) is 0 Å². The number of benzene rings is 1. The molecule has 0 bridgehead atoms. The second kappa shape index (κ2) is 5.20. The lowest BCUT2D eigenvalue weighted by Crippen LogP contribution is -2.42. The fraction of sp³-hybridized carbons (Fsp3) is 0.467. The Hall–Kier alpha value is -1.24. The van der Waals surface area contributed by atoms with Crippen molar-refractivity contribution in [3.63, 3.8) is 0 Å². The van der Waals surface area contributed by atoms with Crippen LogP contribution in [0.1, 0.15) is 40.2 Å². The fourth-order valence-electron chi connectivity index (χ4n) is 1.89. The average molecular weight is 217 g/mol. The Kier molecular flexibility index (Phi) is 4.17. The maximum absolute atomic E-state index is 2.43. The van der Waals surface area contributed by atoms with Gasteiger partial charge in [0.05, 0.1) is 0 Å². The van der Waals surface area contributed by atoms with Gasteiger partial charge in [-0.05, 0) is 32.4 Å². The van der Waals surface area contributed by atoms with Crippen molar-refractivity contribution in [2.45, 2.75) is 40.2 Å². The van der Waals surface area contributed by atoms with Gasteiger partial charge in [-0.3, -0.25) is 0 Å². The van der Waals surface area contributed by atoms with Gasteiger partial charge in [-0.2, -0.15) is 0 Å². The smallest absolute Gasteiger partial charge is 0.0446 e. The Morgan fingerprint density at radius 2 is 1.69 bits per heavy atom. The van der Waals surface area contributed by atoms with Gasteiger partial charge >= 0.3 is 0 Å². The van der Waals surface area contributed by atoms with Crippen molar-refractivity contribution in [3.8, 4) is 0 Å². The van der Waals surface area contributed by atoms with Crippen molar-refractivity contribution in [2.75, 3.05) is 11.4 Å². The lowest BCUT2D eigenvalue weighted by atomic mass is 9.99. The molecule has 0 saturated heterocycles. The summed E-state index contributed by atoms with van der Waals surface area (Å²) in [5.41, 5.74) is 2.87. The number of hydrogen-bond acceptors (Lipinski definition) is 1. The molecule has 1 aromatic carbocycles. The third-order valence-corrected chi connectivity index (χ3v) is 2.62. The highest BCUT2D eigenvalue weighted by molar-refractivity contribution is 5.71. The topological polar surface area (TPSA) is 3.24 Å². The largest absolute Gasteiger partial charge is 0.362 e. The van der Waals surface area contributed by atoms with Crippen molar-refractivity contribution in [1.82, 2.24) is 0 Å². The summed E-state index contributed by atoms with van der Waals surface area (Å²) in [5.74, 6) is 0. The average Bonchev–Trinajstić information content (AvgIpc) is 2.30.